The molecule has 1 atom stereocenters. The first-order valence-corrected chi connectivity index (χ1v) is 14.1. The number of nitrogens with zero attached hydrogens (tertiary/aromatic N) is 1. The van der Waals surface area contributed by atoms with Crippen LogP contribution in [0.5, 0.6) is 5.75 Å². The van der Waals surface area contributed by atoms with Gasteiger partial charge in [-0.1, -0.05) is 60.8 Å². The maximum atomic E-state index is 13.7. The summed E-state index contributed by atoms with van der Waals surface area (Å²) in [5, 5.41) is 3.18. The summed E-state index contributed by atoms with van der Waals surface area (Å²) in [4.78, 5) is 13.3. The van der Waals surface area contributed by atoms with Crippen molar-refractivity contribution in [2.24, 2.45) is 0 Å². The van der Waals surface area contributed by atoms with Gasteiger partial charge >= 0.3 is 0 Å². The molecule has 6 nitrogen and oxygen atoms in total. The average Bonchev–Trinajstić information content (AvgIpc) is 2.84. The van der Waals surface area contributed by atoms with E-state index in [-0.39, 0.29) is 32.6 Å². The number of rotatable bonds is 9. The topological polar surface area (TPSA) is 75.7 Å². The van der Waals surface area contributed by atoms with E-state index in [0.29, 0.717) is 0 Å². The normalized spacial score (nSPS) is 12.4. The molecule has 0 unspecified atom stereocenters. The summed E-state index contributed by atoms with van der Waals surface area (Å²) in [5.41, 5.74) is 3.94. The zero-order valence-corrected chi connectivity index (χ0v) is 24.1. The van der Waals surface area contributed by atoms with E-state index < -0.39 is 22.5 Å². The van der Waals surface area contributed by atoms with Gasteiger partial charge in [-0.25, -0.2) is 8.42 Å². The van der Waals surface area contributed by atoms with Crippen molar-refractivity contribution in [3.63, 3.8) is 0 Å². The number of nitrogens with one attached hydrogen (secondary N) is 1. The standard InChI is InChI=1S/C28H32Cl2N2O4S/c1-17(2)22-15-23(19(4)14-26(22)36-6)20(5)31-27(33)16-32(25-9-7-8-24(29)28(25)30)37(34,35)21-12-10-18(3)11-13-21/h7-15,17,20H,16H2,1-6H3,(H,31,33)/t20-/m1/s1. The maximum Gasteiger partial charge on any atom is 0.264 e. The first kappa shape index (κ1) is 28.8. The third-order valence-electron chi connectivity index (χ3n) is 6.18. The van der Waals surface area contributed by atoms with Crippen molar-refractivity contribution in [1.29, 1.82) is 0 Å². The van der Waals surface area contributed by atoms with Crippen molar-refractivity contribution in [3.8, 4) is 5.75 Å². The molecular formula is C28H32Cl2N2O4S. The molecule has 0 spiro atoms. The van der Waals surface area contributed by atoms with Gasteiger partial charge in [0.2, 0.25) is 5.91 Å². The Balaban J connectivity index is 1.96. The molecule has 0 saturated carbocycles. The highest BCUT2D eigenvalue weighted by molar-refractivity contribution is 7.92. The molecule has 0 aliphatic heterocycles. The molecule has 0 bridgehead atoms. The van der Waals surface area contributed by atoms with E-state index >= 15 is 0 Å². The fourth-order valence-corrected chi connectivity index (χ4v) is 6.01. The Morgan fingerprint density at radius 2 is 1.65 bits per heavy atom. The van der Waals surface area contributed by atoms with Gasteiger partial charge in [0, 0.05) is 0 Å². The molecule has 0 fully saturated rings. The van der Waals surface area contributed by atoms with Crippen LogP contribution in [0.15, 0.2) is 59.5 Å². The number of carbonyl (C=O) groups is 1. The number of hydrogen-bond donors (Lipinski definition) is 1. The first-order chi connectivity index (χ1) is 17.4. The van der Waals surface area contributed by atoms with E-state index in [1.54, 1.807) is 31.4 Å². The summed E-state index contributed by atoms with van der Waals surface area (Å²) in [5.74, 6) is 0.526. The summed E-state index contributed by atoms with van der Waals surface area (Å²) in [6, 6.07) is 14.7. The monoisotopic (exact) mass is 562 g/mol. The molecule has 3 aromatic carbocycles. The van der Waals surface area contributed by atoms with Gasteiger partial charge in [-0.3, -0.25) is 9.10 Å². The number of hydrogen-bond acceptors (Lipinski definition) is 4. The van der Waals surface area contributed by atoms with Crippen LogP contribution in [0.4, 0.5) is 5.69 Å². The summed E-state index contributed by atoms with van der Waals surface area (Å²) in [6.07, 6.45) is 0. The molecule has 37 heavy (non-hydrogen) atoms. The lowest BCUT2D eigenvalue weighted by molar-refractivity contribution is -0.120. The fraction of sp³-hybridized carbons (Fsp3) is 0.321. The fourth-order valence-electron chi connectivity index (χ4n) is 4.13. The molecule has 0 aliphatic rings. The van der Waals surface area contributed by atoms with Crippen LogP contribution >= 0.6 is 23.2 Å². The van der Waals surface area contributed by atoms with Gasteiger partial charge in [0.1, 0.15) is 12.3 Å². The molecule has 3 aromatic rings. The number of methoxy groups -OCH3 is 1. The van der Waals surface area contributed by atoms with Crippen molar-refractivity contribution in [3.05, 3.63) is 86.9 Å². The molecular weight excluding hydrogens is 531 g/mol. The zero-order valence-electron chi connectivity index (χ0n) is 21.8. The Morgan fingerprint density at radius 3 is 2.24 bits per heavy atom. The zero-order chi connectivity index (χ0) is 27.5. The lowest BCUT2D eigenvalue weighted by Crippen LogP contribution is -2.41. The molecule has 3 rings (SSSR count). The van der Waals surface area contributed by atoms with E-state index in [2.05, 4.69) is 19.2 Å². The predicted octanol–water partition coefficient (Wildman–Crippen LogP) is 6.81. The highest BCUT2D eigenvalue weighted by Crippen LogP contribution is 2.36. The highest BCUT2D eigenvalue weighted by atomic mass is 35.5. The highest BCUT2D eigenvalue weighted by Gasteiger charge is 2.30. The molecule has 0 radical (unpaired) electrons. The Labute approximate surface area is 229 Å². The van der Waals surface area contributed by atoms with Crippen LogP contribution < -0.4 is 14.4 Å². The van der Waals surface area contributed by atoms with Crippen LogP contribution in [0, 0.1) is 13.8 Å². The number of carbonyl (C=O) groups excluding carboxylic acids is 1. The van der Waals surface area contributed by atoms with E-state index in [9.17, 15) is 13.2 Å². The second-order valence-corrected chi connectivity index (χ2v) is 11.9. The number of amides is 1. The van der Waals surface area contributed by atoms with Gasteiger partial charge in [0.15, 0.2) is 0 Å². The third kappa shape index (κ3) is 6.40. The van der Waals surface area contributed by atoms with Crippen LogP contribution in [-0.4, -0.2) is 28.0 Å². The van der Waals surface area contributed by atoms with Gasteiger partial charge in [0.25, 0.3) is 10.0 Å². The Morgan fingerprint density at radius 1 is 1.00 bits per heavy atom. The van der Waals surface area contributed by atoms with Crippen LogP contribution in [0.25, 0.3) is 0 Å². The average molecular weight is 564 g/mol. The second-order valence-electron chi connectivity index (χ2n) is 9.29. The van der Waals surface area contributed by atoms with Crippen molar-refractivity contribution in [2.45, 2.75) is 51.5 Å². The molecule has 1 amide bonds. The molecule has 0 saturated heterocycles. The van der Waals surface area contributed by atoms with Gasteiger partial charge < -0.3 is 10.1 Å². The SMILES string of the molecule is COc1cc(C)c([C@@H](C)NC(=O)CN(c2cccc(Cl)c2Cl)S(=O)(=O)c2ccc(C)cc2)cc1C(C)C. The number of sulfonamides is 1. The number of ether oxygens (including phenoxy) is 1. The predicted molar refractivity (Wildman–Crippen MR) is 151 cm³/mol. The van der Waals surface area contributed by atoms with Crippen molar-refractivity contribution in [2.75, 3.05) is 18.0 Å². The third-order valence-corrected chi connectivity index (χ3v) is 8.76. The van der Waals surface area contributed by atoms with Crippen molar-refractivity contribution >= 4 is 44.8 Å². The molecule has 9 heteroatoms. The van der Waals surface area contributed by atoms with Gasteiger partial charge in [0.05, 0.1) is 33.8 Å². The molecule has 0 aromatic heterocycles. The van der Waals surface area contributed by atoms with E-state index in [4.69, 9.17) is 27.9 Å². The van der Waals surface area contributed by atoms with Crippen molar-refractivity contribution < 1.29 is 17.9 Å². The van der Waals surface area contributed by atoms with Crippen molar-refractivity contribution in [1.82, 2.24) is 5.32 Å². The molecule has 0 heterocycles. The minimum Gasteiger partial charge on any atom is -0.496 e. The quantitative estimate of drug-likeness (QED) is 0.310. The Hall–Kier alpha value is -2.74. The summed E-state index contributed by atoms with van der Waals surface area (Å²) in [7, 11) is -2.49. The van der Waals surface area contributed by atoms with E-state index in [0.717, 1.165) is 32.3 Å². The minimum absolute atomic E-state index is 0.0440. The van der Waals surface area contributed by atoms with Crippen LogP contribution in [-0.2, 0) is 14.8 Å². The largest absolute Gasteiger partial charge is 0.496 e. The lowest BCUT2D eigenvalue weighted by Gasteiger charge is -2.27. The maximum absolute atomic E-state index is 13.7. The van der Waals surface area contributed by atoms with Crippen LogP contribution in [0.3, 0.4) is 0 Å². The molecule has 0 aliphatic carbocycles. The van der Waals surface area contributed by atoms with Gasteiger partial charge in [-0.15, -0.1) is 0 Å². The lowest BCUT2D eigenvalue weighted by atomic mass is 9.93. The minimum atomic E-state index is -4.13. The van der Waals surface area contributed by atoms with E-state index in [1.807, 2.05) is 32.9 Å². The first-order valence-electron chi connectivity index (χ1n) is 11.9. The van der Waals surface area contributed by atoms with Crippen LogP contribution in [0.1, 0.15) is 55.0 Å². The molecule has 198 valence electrons. The number of aryl methyl sites for hydroxylation is 2. The summed E-state index contributed by atoms with van der Waals surface area (Å²) >= 11 is 12.6. The van der Waals surface area contributed by atoms with Gasteiger partial charge in [-0.2, -0.15) is 0 Å². The van der Waals surface area contributed by atoms with Gasteiger partial charge in [-0.05, 0) is 79.8 Å². The Kier molecular flexibility index (Phi) is 9.16. The number of benzene rings is 3. The summed E-state index contributed by atoms with van der Waals surface area (Å²) < 4.78 is 33.9. The summed E-state index contributed by atoms with van der Waals surface area (Å²) in [6.45, 7) is 9.34. The smallest absolute Gasteiger partial charge is 0.264 e. The van der Waals surface area contributed by atoms with Crippen LogP contribution in [0.2, 0.25) is 10.0 Å². The Bertz CT molecular complexity index is 1390. The number of halogens is 2. The van der Waals surface area contributed by atoms with E-state index in [1.165, 1.54) is 18.2 Å². The number of anilines is 1. The molecule has 1 N–H and O–H groups in total. The second kappa shape index (κ2) is 11.8.